The zero-order chi connectivity index (χ0) is 17.1. The Morgan fingerprint density at radius 1 is 1.24 bits per heavy atom. The maximum atomic E-state index is 12.7. The molecule has 1 aliphatic carbocycles. The molecule has 0 aromatic carbocycles. The lowest BCUT2D eigenvalue weighted by Crippen LogP contribution is -2.44. The van der Waals surface area contributed by atoms with Gasteiger partial charge in [-0.3, -0.25) is 14.7 Å². The van der Waals surface area contributed by atoms with Crippen LogP contribution in [-0.4, -0.2) is 34.9 Å². The first kappa shape index (κ1) is 16.7. The first-order valence-electron chi connectivity index (χ1n) is 9.32. The molecule has 1 fully saturated rings. The van der Waals surface area contributed by atoms with Crippen molar-refractivity contribution < 1.29 is 4.79 Å². The van der Waals surface area contributed by atoms with E-state index in [-0.39, 0.29) is 5.91 Å². The Morgan fingerprint density at radius 3 is 2.88 bits per heavy atom. The molecule has 1 saturated heterocycles. The molecule has 25 heavy (non-hydrogen) atoms. The van der Waals surface area contributed by atoms with Crippen LogP contribution >= 0.6 is 11.3 Å². The van der Waals surface area contributed by atoms with Gasteiger partial charge in [0.25, 0.3) is 5.91 Å². The number of carbonyl (C=O) groups excluding carboxylic acids is 1. The van der Waals surface area contributed by atoms with Crippen LogP contribution in [0.4, 0.5) is 0 Å². The number of nitrogens with one attached hydrogen (secondary N) is 1. The molecule has 0 atom stereocenters. The molecule has 1 aliphatic heterocycles. The topological polar surface area (TPSA) is 45.2 Å². The highest BCUT2D eigenvalue weighted by Crippen LogP contribution is 2.30. The van der Waals surface area contributed by atoms with Crippen molar-refractivity contribution >= 4 is 17.2 Å². The van der Waals surface area contributed by atoms with Crippen LogP contribution < -0.4 is 5.32 Å². The van der Waals surface area contributed by atoms with E-state index in [1.54, 1.807) is 11.3 Å². The molecule has 4 nitrogen and oxygen atoms in total. The van der Waals surface area contributed by atoms with E-state index in [9.17, 15) is 4.79 Å². The van der Waals surface area contributed by atoms with Crippen LogP contribution in [-0.2, 0) is 19.4 Å². The zero-order valence-electron chi connectivity index (χ0n) is 14.5. The van der Waals surface area contributed by atoms with Gasteiger partial charge in [-0.05, 0) is 56.2 Å². The standard InChI is InChI=1S/C20H25N3OS/c24-20(18-14-25-19-7-2-1-6-17(18)19)22-15-8-11-23(12-9-15)13-16-5-3-4-10-21-16/h3-5,10,14-15H,1-2,6-9,11-13H2,(H,22,24). The number of rotatable bonds is 4. The number of amides is 1. The van der Waals surface area contributed by atoms with Crippen molar-refractivity contribution in [1.29, 1.82) is 0 Å². The predicted octanol–water partition coefficient (Wildman–Crippen LogP) is 3.42. The summed E-state index contributed by atoms with van der Waals surface area (Å²) in [6, 6.07) is 6.37. The highest BCUT2D eigenvalue weighted by atomic mass is 32.1. The fourth-order valence-corrected chi connectivity index (χ4v) is 5.03. The monoisotopic (exact) mass is 355 g/mol. The molecule has 2 aliphatic rings. The van der Waals surface area contributed by atoms with Crippen LogP contribution in [0.5, 0.6) is 0 Å². The second kappa shape index (κ2) is 7.67. The Morgan fingerprint density at radius 2 is 2.08 bits per heavy atom. The first-order chi connectivity index (χ1) is 12.3. The maximum absolute atomic E-state index is 12.7. The van der Waals surface area contributed by atoms with E-state index in [1.807, 2.05) is 18.3 Å². The Kier molecular flexibility index (Phi) is 5.13. The summed E-state index contributed by atoms with van der Waals surface area (Å²) >= 11 is 1.77. The van der Waals surface area contributed by atoms with Crippen LogP contribution in [0.1, 0.15) is 52.2 Å². The van der Waals surface area contributed by atoms with Gasteiger partial charge in [-0.1, -0.05) is 6.07 Å². The molecule has 0 spiro atoms. The molecule has 132 valence electrons. The lowest BCUT2D eigenvalue weighted by atomic mass is 9.95. The van der Waals surface area contributed by atoms with Crippen LogP contribution in [0, 0.1) is 0 Å². The van der Waals surface area contributed by atoms with Crippen molar-refractivity contribution in [2.24, 2.45) is 0 Å². The van der Waals surface area contributed by atoms with Crippen molar-refractivity contribution in [2.75, 3.05) is 13.1 Å². The minimum atomic E-state index is 0.141. The van der Waals surface area contributed by atoms with Gasteiger partial charge in [-0.2, -0.15) is 0 Å². The third-order valence-electron chi connectivity index (χ3n) is 5.34. The van der Waals surface area contributed by atoms with Crippen LogP contribution in [0.25, 0.3) is 0 Å². The number of nitrogens with zero attached hydrogens (tertiary/aromatic N) is 2. The van der Waals surface area contributed by atoms with Gasteiger partial charge in [0.1, 0.15) is 0 Å². The Hall–Kier alpha value is -1.72. The van der Waals surface area contributed by atoms with E-state index >= 15 is 0 Å². The number of hydrogen-bond acceptors (Lipinski definition) is 4. The van der Waals surface area contributed by atoms with Crippen molar-refractivity contribution in [3.8, 4) is 0 Å². The van der Waals surface area contributed by atoms with Gasteiger partial charge < -0.3 is 5.32 Å². The SMILES string of the molecule is O=C(NC1CCN(Cc2ccccn2)CC1)c1csc2c1CCCC2. The van der Waals surface area contributed by atoms with Crippen molar-refractivity contribution in [3.05, 3.63) is 51.5 Å². The number of hydrogen-bond donors (Lipinski definition) is 1. The summed E-state index contributed by atoms with van der Waals surface area (Å²) in [5.74, 6) is 0.141. The fourth-order valence-electron chi connectivity index (χ4n) is 3.90. The molecular formula is C20H25N3OS. The smallest absolute Gasteiger partial charge is 0.252 e. The van der Waals surface area contributed by atoms with Gasteiger partial charge in [-0.25, -0.2) is 0 Å². The highest BCUT2D eigenvalue weighted by Gasteiger charge is 2.24. The van der Waals surface area contributed by atoms with Gasteiger partial charge in [0.05, 0.1) is 11.3 Å². The molecule has 2 aromatic rings. The van der Waals surface area contributed by atoms with Gasteiger partial charge >= 0.3 is 0 Å². The zero-order valence-corrected chi connectivity index (χ0v) is 15.4. The highest BCUT2D eigenvalue weighted by molar-refractivity contribution is 7.10. The van der Waals surface area contributed by atoms with Gasteiger partial charge in [-0.15, -0.1) is 11.3 Å². The van der Waals surface area contributed by atoms with Crippen LogP contribution in [0.3, 0.4) is 0 Å². The van der Waals surface area contributed by atoms with Crippen molar-refractivity contribution in [3.63, 3.8) is 0 Å². The van der Waals surface area contributed by atoms with Crippen molar-refractivity contribution in [1.82, 2.24) is 15.2 Å². The predicted molar refractivity (Wildman–Crippen MR) is 101 cm³/mol. The number of fused-ring (bicyclic) bond motifs is 1. The quantitative estimate of drug-likeness (QED) is 0.914. The number of aryl methyl sites for hydroxylation is 1. The van der Waals surface area contributed by atoms with E-state index in [1.165, 1.54) is 23.3 Å². The van der Waals surface area contributed by atoms with E-state index in [0.717, 1.165) is 56.6 Å². The lowest BCUT2D eigenvalue weighted by Gasteiger charge is -2.32. The Bertz CT molecular complexity index is 720. The number of carbonyl (C=O) groups is 1. The van der Waals surface area contributed by atoms with E-state index in [0.29, 0.717) is 6.04 Å². The fraction of sp³-hybridized carbons (Fsp3) is 0.500. The van der Waals surface area contributed by atoms with Crippen LogP contribution in [0.15, 0.2) is 29.8 Å². The van der Waals surface area contributed by atoms with Gasteiger partial charge in [0.2, 0.25) is 0 Å². The summed E-state index contributed by atoms with van der Waals surface area (Å²) in [6.45, 7) is 2.94. The lowest BCUT2D eigenvalue weighted by molar-refractivity contribution is 0.0908. The summed E-state index contributed by atoms with van der Waals surface area (Å²) in [5.41, 5.74) is 3.38. The largest absolute Gasteiger partial charge is 0.349 e. The molecule has 1 amide bonds. The first-order valence-corrected chi connectivity index (χ1v) is 10.2. The summed E-state index contributed by atoms with van der Waals surface area (Å²) < 4.78 is 0. The van der Waals surface area contributed by atoms with E-state index in [4.69, 9.17) is 0 Å². The van der Waals surface area contributed by atoms with Crippen LogP contribution in [0.2, 0.25) is 0 Å². The number of aromatic nitrogens is 1. The van der Waals surface area contributed by atoms with E-state index < -0.39 is 0 Å². The molecule has 2 aromatic heterocycles. The molecule has 3 heterocycles. The summed E-state index contributed by atoms with van der Waals surface area (Å²) in [5, 5.41) is 5.35. The third kappa shape index (κ3) is 3.93. The van der Waals surface area contributed by atoms with Gasteiger partial charge in [0, 0.05) is 42.1 Å². The second-order valence-electron chi connectivity index (χ2n) is 7.10. The molecule has 1 N–H and O–H groups in total. The summed E-state index contributed by atoms with van der Waals surface area (Å²) in [6.07, 6.45) is 8.60. The molecule has 5 heteroatoms. The number of thiophene rings is 1. The average molecular weight is 356 g/mol. The second-order valence-corrected chi connectivity index (χ2v) is 8.07. The molecule has 0 radical (unpaired) electrons. The minimum absolute atomic E-state index is 0.141. The molecule has 4 rings (SSSR count). The summed E-state index contributed by atoms with van der Waals surface area (Å²) in [4.78, 5) is 21.0. The summed E-state index contributed by atoms with van der Waals surface area (Å²) in [7, 11) is 0. The molecule has 0 saturated carbocycles. The average Bonchev–Trinajstić information content (AvgIpc) is 3.08. The normalized spacial score (nSPS) is 18.7. The Labute approximate surface area is 153 Å². The number of likely N-dealkylation sites (tertiary alicyclic amines) is 1. The van der Waals surface area contributed by atoms with Gasteiger partial charge in [0.15, 0.2) is 0 Å². The number of pyridine rings is 1. The number of piperidine rings is 1. The van der Waals surface area contributed by atoms with E-state index in [2.05, 4.69) is 26.6 Å². The Balaban J connectivity index is 1.30. The van der Waals surface area contributed by atoms with Crippen molar-refractivity contribution in [2.45, 2.75) is 51.1 Å². The molecule has 0 unspecified atom stereocenters. The molecular weight excluding hydrogens is 330 g/mol. The molecule has 0 bridgehead atoms. The minimum Gasteiger partial charge on any atom is -0.349 e. The maximum Gasteiger partial charge on any atom is 0.252 e. The third-order valence-corrected chi connectivity index (χ3v) is 6.43.